The number of aromatic nitrogens is 2. The highest BCUT2D eigenvalue weighted by atomic mass is 35.5. The standard InChI is InChI=1S/C12H16ClN3O2/c13-11-6-5-9(15-16-11)12(18)14-7-8-3-1-2-4-10(8)17/h5-6,8,10,17H,1-4,7H2,(H,14,18). The van der Waals surface area contributed by atoms with Crippen LogP contribution in [0.5, 0.6) is 0 Å². The molecule has 0 radical (unpaired) electrons. The summed E-state index contributed by atoms with van der Waals surface area (Å²) in [6.07, 6.45) is 3.64. The molecule has 1 aromatic heterocycles. The Kier molecular flexibility index (Phi) is 4.49. The predicted molar refractivity (Wildman–Crippen MR) is 67.3 cm³/mol. The zero-order chi connectivity index (χ0) is 13.0. The van der Waals surface area contributed by atoms with Crippen molar-refractivity contribution in [3.8, 4) is 0 Å². The quantitative estimate of drug-likeness (QED) is 0.870. The van der Waals surface area contributed by atoms with Crippen molar-refractivity contribution in [3.05, 3.63) is 23.0 Å². The third kappa shape index (κ3) is 3.40. The second-order valence-electron chi connectivity index (χ2n) is 4.56. The maximum atomic E-state index is 11.8. The molecular weight excluding hydrogens is 254 g/mol. The van der Waals surface area contributed by atoms with E-state index in [9.17, 15) is 9.90 Å². The maximum absolute atomic E-state index is 11.8. The lowest BCUT2D eigenvalue weighted by molar-refractivity contribution is 0.0661. The summed E-state index contributed by atoms with van der Waals surface area (Å²) in [5.74, 6) is -0.139. The average molecular weight is 270 g/mol. The molecule has 2 N–H and O–H groups in total. The van der Waals surface area contributed by atoms with Gasteiger partial charge >= 0.3 is 0 Å². The van der Waals surface area contributed by atoms with Crippen LogP contribution in [0.2, 0.25) is 5.15 Å². The molecule has 0 aliphatic heterocycles. The van der Waals surface area contributed by atoms with Crippen molar-refractivity contribution in [2.45, 2.75) is 31.8 Å². The number of hydrogen-bond acceptors (Lipinski definition) is 4. The molecule has 1 aliphatic carbocycles. The number of hydrogen-bond donors (Lipinski definition) is 2. The topological polar surface area (TPSA) is 75.1 Å². The van der Waals surface area contributed by atoms with Gasteiger partial charge in [0.15, 0.2) is 10.8 Å². The first-order chi connectivity index (χ1) is 8.66. The van der Waals surface area contributed by atoms with Gasteiger partial charge in [-0.15, -0.1) is 10.2 Å². The molecule has 0 bridgehead atoms. The first kappa shape index (κ1) is 13.2. The van der Waals surface area contributed by atoms with Gasteiger partial charge in [-0.1, -0.05) is 24.4 Å². The van der Waals surface area contributed by atoms with Crippen LogP contribution in [0.15, 0.2) is 12.1 Å². The van der Waals surface area contributed by atoms with Gasteiger partial charge in [0.25, 0.3) is 5.91 Å². The van der Waals surface area contributed by atoms with E-state index in [1.165, 1.54) is 12.1 Å². The molecule has 18 heavy (non-hydrogen) atoms. The third-order valence-electron chi connectivity index (χ3n) is 3.26. The van der Waals surface area contributed by atoms with E-state index < -0.39 is 0 Å². The molecule has 0 saturated heterocycles. The summed E-state index contributed by atoms with van der Waals surface area (Å²) in [5.41, 5.74) is 0.240. The van der Waals surface area contributed by atoms with Crippen LogP contribution in [0, 0.1) is 5.92 Å². The molecule has 1 saturated carbocycles. The first-order valence-corrected chi connectivity index (χ1v) is 6.50. The Morgan fingerprint density at radius 1 is 1.39 bits per heavy atom. The number of nitrogens with zero attached hydrogens (tertiary/aromatic N) is 2. The third-order valence-corrected chi connectivity index (χ3v) is 3.46. The summed E-state index contributed by atoms with van der Waals surface area (Å²) >= 11 is 5.60. The van der Waals surface area contributed by atoms with E-state index >= 15 is 0 Å². The minimum Gasteiger partial charge on any atom is -0.393 e. The minimum atomic E-state index is -0.310. The SMILES string of the molecule is O=C(NCC1CCCCC1O)c1ccc(Cl)nn1. The fourth-order valence-electron chi connectivity index (χ4n) is 2.18. The molecule has 2 unspecified atom stereocenters. The Balaban J connectivity index is 1.86. The Morgan fingerprint density at radius 2 is 2.17 bits per heavy atom. The number of aliphatic hydroxyl groups excluding tert-OH is 1. The zero-order valence-electron chi connectivity index (χ0n) is 9.97. The molecular formula is C12H16ClN3O2. The summed E-state index contributed by atoms with van der Waals surface area (Å²) in [5, 5.41) is 20.1. The van der Waals surface area contributed by atoms with Gasteiger partial charge in [-0.05, 0) is 25.0 Å². The number of halogens is 1. The van der Waals surface area contributed by atoms with Crippen LogP contribution < -0.4 is 5.32 Å². The minimum absolute atomic E-state index is 0.142. The lowest BCUT2D eigenvalue weighted by atomic mass is 9.86. The lowest BCUT2D eigenvalue weighted by Crippen LogP contribution is -2.37. The molecule has 5 nitrogen and oxygen atoms in total. The van der Waals surface area contributed by atoms with Crippen molar-refractivity contribution in [3.63, 3.8) is 0 Å². The van der Waals surface area contributed by atoms with Gasteiger partial charge in [0.1, 0.15) is 0 Å². The number of nitrogens with one attached hydrogen (secondary N) is 1. The molecule has 1 aromatic rings. The van der Waals surface area contributed by atoms with Gasteiger partial charge in [0.2, 0.25) is 0 Å². The summed E-state index contributed by atoms with van der Waals surface area (Å²) in [7, 11) is 0. The van der Waals surface area contributed by atoms with Gasteiger partial charge < -0.3 is 10.4 Å². The molecule has 0 spiro atoms. The van der Waals surface area contributed by atoms with E-state index in [-0.39, 0.29) is 28.8 Å². The predicted octanol–water partition coefficient (Wildman–Crippen LogP) is 1.41. The number of amides is 1. The second kappa shape index (κ2) is 6.11. The zero-order valence-corrected chi connectivity index (χ0v) is 10.7. The highest BCUT2D eigenvalue weighted by Crippen LogP contribution is 2.23. The van der Waals surface area contributed by atoms with Gasteiger partial charge in [0.05, 0.1) is 6.10 Å². The summed E-state index contributed by atoms with van der Waals surface area (Å²) in [6, 6.07) is 3.06. The van der Waals surface area contributed by atoms with Crippen LogP contribution in [0.1, 0.15) is 36.2 Å². The van der Waals surface area contributed by atoms with Crippen molar-refractivity contribution in [1.82, 2.24) is 15.5 Å². The maximum Gasteiger partial charge on any atom is 0.271 e. The largest absolute Gasteiger partial charge is 0.393 e. The number of carbonyl (C=O) groups excluding carboxylic acids is 1. The lowest BCUT2D eigenvalue weighted by Gasteiger charge is -2.27. The first-order valence-electron chi connectivity index (χ1n) is 6.12. The van der Waals surface area contributed by atoms with Crippen molar-refractivity contribution in [1.29, 1.82) is 0 Å². The molecule has 6 heteroatoms. The Morgan fingerprint density at radius 3 is 2.83 bits per heavy atom. The second-order valence-corrected chi connectivity index (χ2v) is 4.95. The summed E-state index contributed by atoms with van der Waals surface area (Å²) in [4.78, 5) is 11.8. The molecule has 2 atom stereocenters. The van der Waals surface area contributed by atoms with Crippen LogP contribution in [0.25, 0.3) is 0 Å². The fourth-order valence-corrected chi connectivity index (χ4v) is 2.28. The molecule has 1 aliphatic rings. The van der Waals surface area contributed by atoms with Crippen molar-refractivity contribution < 1.29 is 9.90 Å². The highest BCUT2D eigenvalue weighted by molar-refractivity contribution is 6.29. The van der Waals surface area contributed by atoms with Gasteiger partial charge in [-0.3, -0.25) is 4.79 Å². The van der Waals surface area contributed by atoms with E-state index in [0.29, 0.717) is 6.54 Å². The van der Waals surface area contributed by atoms with Crippen LogP contribution >= 0.6 is 11.6 Å². The van der Waals surface area contributed by atoms with E-state index in [0.717, 1.165) is 25.7 Å². The molecule has 1 fully saturated rings. The number of rotatable bonds is 3. The fraction of sp³-hybridized carbons (Fsp3) is 0.583. The molecule has 0 aromatic carbocycles. The normalized spacial score (nSPS) is 23.7. The molecule has 1 amide bonds. The Hall–Kier alpha value is -1.20. The number of carbonyl (C=O) groups is 1. The van der Waals surface area contributed by atoms with Gasteiger partial charge in [0, 0.05) is 12.5 Å². The van der Waals surface area contributed by atoms with E-state index in [2.05, 4.69) is 15.5 Å². The van der Waals surface area contributed by atoms with Crippen LogP contribution in [-0.4, -0.2) is 33.9 Å². The molecule has 2 rings (SSSR count). The van der Waals surface area contributed by atoms with Crippen LogP contribution in [0.3, 0.4) is 0 Å². The average Bonchev–Trinajstić information content (AvgIpc) is 2.38. The molecule has 98 valence electrons. The summed E-state index contributed by atoms with van der Waals surface area (Å²) in [6.45, 7) is 0.476. The van der Waals surface area contributed by atoms with Crippen molar-refractivity contribution in [2.24, 2.45) is 5.92 Å². The van der Waals surface area contributed by atoms with Crippen LogP contribution in [0.4, 0.5) is 0 Å². The van der Waals surface area contributed by atoms with E-state index in [1.807, 2.05) is 0 Å². The van der Waals surface area contributed by atoms with Crippen molar-refractivity contribution in [2.75, 3.05) is 6.54 Å². The van der Waals surface area contributed by atoms with E-state index in [4.69, 9.17) is 11.6 Å². The van der Waals surface area contributed by atoms with E-state index in [1.54, 1.807) is 0 Å². The van der Waals surface area contributed by atoms with Gasteiger partial charge in [-0.25, -0.2) is 0 Å². The monoisotopic (exact) mass is 269 g/mol. The van der Waals surface area contributed by atoms with Crippen LogP contribution in [-0.2, 0) is 0 Å². The van der Waals surface area contributed by atoms with Gasteiger partial charge in [-0.2, -0.15) is 0 Å². The van der Waals surface area contributed by atoms with Crippen molar-refractivity contribution >= 4 is 17.5 Å². The Bertz CT molecular complexity index is 410. The molecule has 1 heterocycles. The summed E-state index contributed by atoms with van der Waals surface area (Å²) < 4.78 is 0. The number of aliphatic hydroxyl groups is 1. The Labute approximate surface area is 111 Å². The smallest absolute Gasteiger partial charge is 0.271 e. The highest BCUT2D eigenvalue weighted by Gasteiger charge is 2.23.